The lowest BCUT2D eigenvalue weighted by atomic mass is 9.92. The van der Waals surface area contributed by atoms with Crippen molar-refractivity contribution in [2.75, 3.05) is 26.2 Å². The zero-order valence-corrected chi connectivity index (χ0v) is 20.7. The summed E-state index contributed by atoms with van der Waals surface area (Å²) in [7, 11) is 0. The topological polar surface area (TPSA) is 66.9 Å². The Labute approximate surface area is 200 Å². The summed E-state index contributed by atoms with van der Waals surface area (Å²) in [5.74, 6) is -0.615. The molecule has 2 heterocycles. The van der Waals surface area contributed by atoms with E-state index in [2.05, 4.69) is 49.6 Å². The van der Waals surface area contributed by atoms with Gasteiger partial charge in [0.05, 0.1) is 25.6 Å². The van der Waals surface area contributed by atoms with E-state index in [4.69, 9.17) is 4.74 Å². The number of hydrogen-bond donors (Lipinski definition) is 0. The molecule has 7 heteroatoms. The minimum absolute atomic E-state index is 0.0312. The summed E-state index contributed by atoms with van der Waals surface area (Å²) < 4.78 is 4.94. The summed E-state index contributed by atoms with van der Waals surface area (Å²) in [6, 6.07) is 10.3. The molecular weight excluding hydrogens is 436 g/mol. The average Bonchev–Trinajstić information content (AvgIpc) is 3.29. The molecule has 0 spiro atoms. The first-order chi connectivity index (χ1) is 15.9. The van der Waals surface area contributed by atoms with Crippen molar-refractivity contribution in [1.82, 2.24) is 9.80 Å². The van der Waals surface area contributed by atoms with E-state index < -0.39 is 0 Å². The van der Waals surface area contributed by atoms with E-state index in [0.29, 0.717) is 19.7 Å². The molecule has 33 heavy (non-hydrogen) atoms. The fourth-order valence-electron chi connectivity index (χ4n) is 4.19. The smallest absolute Gasteiger partial charge is 0.306 e. The lowest BCUT2D eigenvalue weighted by molar-refractivity contribution is -0.146. The molecule has 2 aromatic rings. The maximum absolute atomic E-state index is 13.5. The number of nitrogens with zero attached hydrogens (tertiary/aromatic N) is 2. The highest BCUT2D eigenvalue weighted by Crippen LogP contribution is 2.38. The molecule has 178 valence electrons. The molecular formula is C26H34N2O4S. The van der Waals surface area contributed by atoms with E-state index in [-0.39, 0.29) is 43.2 Å². The Kier molecular flexibility index (Phi) is 9.06. The standard InChI is InChI=1S/C26H34N2O4S/c1-4-6-15-27(23(29)11-12-25(31)32-5-2)18-24(30)28-16-13-22-21(14-17-33-22)26(28)20-9-7-19(3)8-10-20/h7-10,14,17,26H,4-6,11-13,15-16,18H2,1-3H3. The molecule has 0 radical (unpaired) electrons. The maximum atomic E-state index is 13.5. The van der Waals surface area contributed by atoms with Crippen molar-refractivity contribution >= 4 is 29.1 Å². The van der Waals surface area contributed by atoms with Crippen LogP contribution in [0, 0.1) is 6.92 Å². The van der Waals surface area contributed by atoms with Gasteiger partial charge in [-0.2, -0.15) is 0 Å². The molecule has 0 fully saturated rings. The highest BCUT2D eigenvalue weighted by Gasteiger charge is 2.33. The van der Waals surface area contributed by atoms with Crippen LogP contribution in [-0.4, -0.2) is 53.8 Å². The summed E-state index contributed by atoms with van der Waals surface area (Å²) in [6.45, 7) is 7.32. The second kappa shape index (κ2) is 12.0. The van der Waals surface area contributed by atoms with Gasteiger partial charge in [0, 0.05) is 24.4 Å². The van der Waals surface area contributed by atoms with Gasteiger partial charge in [-0.1, -0.05) is 43.2 Å². The monoisotopic (exact) mass is 470 g/mol. The Morgan fingerprint density at radius 3 is 2.58 bits per heavy atom. The second-order valence-corrected chi connectivity index (χ2v) is 9.42. The number of aryl methyl sites for hydroxylation is 1. The summed E-state index contributed by atoms with van der Waals surface area (Å²) >= 11 is 1.74. The molecule has 1 aromatic carbocycles. The number of fused-ring (bicyclic) bond motifs is 1. The lowest BCUT2D eigenvalue weighted by Gasteiger charge is -2.37. The van der Waals surface area contributed by atoms with Crippen molar-refractivity contribution in [3.63, 3.8) is 0 Å². The number of benzene rings is 1. The van der Waals surface area contributed by atoms with Gasteiger partial charge in [0.2, 0.25) is 11.8 Å². The highest BCUT2D eigenvalue weighted by molar-refractivity contribution is 7.10. The zero-order valence-electron chi connectivity index (χ0n) is 19.8. The summed E-state index contributed by atoms with van der Waals surface area (Å²) in [5, 5.41) is 2.09. The van der Waals surface area contributed by atoms with E-state index in [9.17, 15) is 14.4 Å². The lowest BCUT2D eigenvalue weighted by Crippen LogP contribution is -2.47. The van der Waals surface area contributed by atoms with Crippen LogP contribution in [-0.2, 0) is 25.5 Å². The Morgan fingerprint density at radius 2 is 1.88 bits per heavy atom. The molecule has 6 nitrogen and oxygen atoms in total. The van der Waals surface area contributed by atoms with Gasteiger partial charge in [-0.05, 0) is 49.3 Å². The third kappa shape index (κ3) is 6.44. The minimum atomic E-state index is -0.381. The molecule has 0 saturated carbocycles. The molecule has 1 unspecified atom stereocenters. The summed E-state index contributed by atoms with van der Waals surface area (Å²) in [5.41, 5.74) is 3.44. The first-order valence-electron chi connectivity index (χ1n) is 11.8. The molecule has 0 bridgehead atoms. The first kappa shape index (κ1) is 25.0. The van der Waals surface area contributed by atoms with Gasteiger partial charge in [-0.25, -0.2) is 0 Å². The minimum Gasteiger partial charge on any atom is -0.466 e. The van der Waals surface area contributed by atoms with Crippen LogP contribution in [0.1, 0.15) is 67.1 Å². The predicted molar refractivity (Wildman–Crippen MR) is 130 cm³/mol. The quantitative estimate of drug-likeness (QED) is 0.480. The van der Waals surface area contributed by atoms with Gasteiger partial charge in [0.25, 0.3) is 0 Å². The molecule has 1 aliphatic heterocycles. The van der Waals surface area contributed by atoms with Crippen molar-refractivity contribution in [2.45, 2.75) is 58.9 Å². The largest absolute Gasteiger partial charge is 0.466 e. The number of thiophene rings is 1. The van der Waals surface area contributed by atoms with Crippen LogP contribution in [0.5, 0.6) is 0 Å². The molecule has 0 saturated heterocycles. The molecule has 0 N–H and O–H groups in total. The van der Waals surface area contributed by atoms with Gasteiger partial charge < -0.3 is 14.5 Å². The van der Waals surface area contributed by atoms with Crippen molar-refractivity contribution < 1.29 is 19.1 Å². The van der Waals surface area contributed by atoms with Gasteiger partial charge >= 0.3 is 5.97 Å². The first-order valence-corrected chi connectivity index (χ1v) is 12.7. The Balaban J connectivity index is 1.77. The number of ether oxygens (including phenoxy) is 1. The summed E-state index contributed by atoms with van der Waals surface area (Å²) in [6.07, 6.45) is 2.66. The van der Waals surface area contributed by atoms with Crippen molar-refractivity contribution in [3.05, 3.63) is 57.3 Å². The zero-order chi connectivity index (χ0) is 23.8. The second-order valence-electron chi connectivity index (χ2n) is 8.42. The molecule has 3 rings (SSSR count). The van der Waals surface area contributed by atoms with Crippen LogP contribution in [0.4, 0.5) is 0 Å². The Morgan fingerprint density at radius 1 is 1.12 bits per heavy atom. The Hall–Kier alpha value is -2.67. The van der Waals surface area contributed by atoms with Crippen LogP contribution in [0.2, 0.25) is 0 Å². The summed E-state index contributed by atoms with van der Waals surface area (Å²) in [4.78, 5) is 43.0. The SMILES string of the molecule is CCCCN(CC(=O)N1CCc2sccc2C1c1ccc(C)cc1)C(=O)CCC(=O)OCC. The van der Waals surface area contributed by atoms with Crippen LogP contribution in [0.15, 0.2) is 35.7 Å². The van der Waals surface area contributed by atoms with Gasteiger partial charge in [0.15, 0.2) is 0 Å². The van der Waals surface area contributed by atoms with Crippen LogP contribution < -0.4 is 0 Å². The van der Waals surface area contributed by atoms with Crippen LogP contribution in [0.25, 0.3) is 0 Å². The molecule has 2 amide bonds. The van der Waals surface area contributed by atoms with Crippen molar-refractivity contribution in [1.29, 1.82) is 0 Å². The van der Waals surface area contributed by atoms with E-state index in [1.54, 1.807) is 23.2 Å². The van der Waals surface area contributed by atoms with E-state index in [0.717, 1.165) is 24.8 Å². The van der Waals surface area contributed by atoms with E-state index in [1.807, 2.05) is 4.90 Å². The third-order valence-corrected chi connectivity index (χ3v) is 6.98. The van der Waals surface area contributed by atoms with E-state index in [1.165, 1.54) is 16.0 Å². The molecule has 1 aliphatic rings. The predicted octanol–water partition coefficient (Wildman–Crippen LogP) is 4.50. The van der Waals surface area contributed by atoms with Crippen LogP contribution in [0.3, 0.4) is 0 Å². The average molecular weight is 471 g/mol. The molecule has 1 atom stereocenters. The van der Waals surface area contributed by atoms with E-state index >= 15 is 0 Å². The fraction of sp³-hybridized carbons (Fsp3) is 0.500. The van der Waals surface area contributed by atoms with Crippen LogP contribution >= 0.6 is 11.3 Å². The number of amides is 2. The van der Waals surface area contributed by atoms with Crippen molar-refractivity contribution in [2.24, 2.45) is 0 Å². The van der Waals surface area contributed by atoms with Crippen molar-refractivity contribution in [3.8, 4) is 0 Å². The maximum Gasteiger partial charge on any atom is 0.306 e. The number of hydrogen-bond acceptors (Lipinski definition) is 5. The number of unbranched alkanes of at least 4 members (excludes halogenated alkanes) is 1. The van der Waals surface area contributed by atoms with Gasteiger partial charge in [-0.3, -0.25) is 14.4 Å². The van der Waals surface area contributed by atoms with Gasteiger partial charge in [0.1, 0.15) is 0 Å². The number of carbonyl (C=O) groups is 3. The normalized spacial score (nSPS) is 15.1. The number of rotatable bonds is 10. The number of esters is 1. The fourth-order valence-corrected chi connectivity index (χ4v) is 5.09. The number of carbonyl (C=O) groups excluding carboxylic acids is 3. The highest BCUT2D eigenvalue weighted by atomic mass is 32.1. The Bertz CT molecular complexity index is 953. The molecule has 0 aliphatic carbocycles. The molecule has 1 aromatic heterocycles. The third-order valence-electron chi connectivity index (χ3n) is 5.99. The van der Waals surface area contributed by atoms with Gasteiger partial charge in [-0.15, -0.1) is 11.3 Å².